The van der Waals surface area contributed by atoms with Crippen LogP contribution in [0.2, 0.25) is 0 Å². The number of benzene rings is 11. The Morgan fingerprint density at radius 1 is 0.356 bits per heavy atom. The SMILES string of the molecule is CC1(C)c2ccccc2-c2c(-c3ccccc3N(c3ccc4c(c3)C(c3ccccc3)(c3ccc5oc6ccccc6c5c3)c3ccccc3-4)c3ccc4c5ccccc5n(-c5ccccc5)c4c3)cccc21. The molecule has 344 valence electrons. The van der Waals surface area contributed by atoms with Crippen LogP contribution in [0.3, 0.4) is 0 Å². The van der Waals surface area contributed by atoms with Crippen LogP contribution in [0.5, 0.6) is 0 Å². The Morgan fingerprint density at radius 2 is 0.959 bits per heavy atom. The van der Waals surface area contributed by atoms with Gasteiger partial charge in [0.2, 0.25) is 0 Å². The second-order valence-corrected chi connectivity index (χ2v) is 20.3. The van der Waals surface area contributed by atoms with Gasteiger partial charge in [-0.25, -0.2) is 0 Å². The normalized spacial score (nSPS) is 15.2. The van der Waals surface area contributed by atoms with E-state index in [1.54, 1.807) is 0 Å². The summed E-state index contributed by atoms with van der Waals surface area (Å²) in [4.78, 5) is 2.53. The summed E-state index contributed by atoms with van der Waals surface area (Å²) >= 11 is 0. The van der Waals surface area contributed by atoms with Crippen molar-refractivity contribution < 1.29 is 4.42 Å². The number of anilines is 3. The lowest BCUT2D eigenvalue weighted by atomic mass is 9.67. The fourth-order valence-corrected chi connectivity index (χ4v) is 13.1. The Balaban J connectivity index is 1.03. The number of nitrogens with zero attached hydrogens (tertiary/aromatic N) is 2. The van der Waals surface area contributed by atoms with E-state index in [1.807, 2.05) is 0 Å². The maximum Gasteiger partial charge on any atom is 0.135 e. The van der Waals surface area contributed by atoms with Crippen molar-refractivity contribution in [3.8, 4) is 39.1 Å². The van der Waals surface area contributed by atoms with Crippen LogP contribution in [0.1, 0.15) is 47.2 Å². The van der Waals surface area contributed by atoms with Gasteiger partial charge in [0.15, 0.2) is 0 Å². The van der Waals surface area contributed by atoms with Crippen LogP contribution in [0.25, 0.3) is 82.8 Å². The minimum Gasteiger partial charge on any atom is -0.456 e. The third-order valence-corrected chi connectivity index (χ3v) is 16.3. The maximum absolute atomic E-state index is 6.48. The molecule has 0 aliphatic heterocycles. The number of hydrogen-bond donors (Lipinski definition) is 0. The van der Waals surface area contributed by atoms with Crippen LogP contribution in [0.15, 0.2) is 259 Å². The zero-order chi connectivity index (χ0) is 48.4. The molecule has 2 heterocycles. The van der Waals surface area contributed by atoms with Crippen molar-refractivity contribution in [2.75, 3.05) is 4.90 Å². The predicted molar refractivity (Wildman–Crippen MR) is 303 cm³/mol. The fraction of sp³-hybridized carbons (Fsp3) is 0.0571. The van der Waals surface area contributed by atoms with Gasteiger partial charge >= 0.3 is 0 Å². The van der Waals surface area contributed by atoms with E-state index in [9.17, 15) is 0 Å². The van der Waals surface area contributed by atoms with Crippen molar-refractivity contribution in [3.63, 3.8) is 0 Å². The Morgan fingerprint density at radius 3 is 1.81 bits per heavy atom. The van der Waals surface area contributed by atoms with Crippen LogP contribution in [-0.2, 0) is 10.8 Å². The zero-order valence-electron chi connectivity index (χ0n) is 40.6. The lowest BCUT2D eigenvalue weighted by molar-refractivity contribution is 0.660. The maximum atomic E-state index is 6.48. The third kappa shape index (κ3) is 5.88. The Kier molecular flexibility index (Phi) is 8.92. The molecule has 11 aromatic carbocycles. The topological polar surface area (TPSA) is 21.3 Å². The summed E-state index contributed by atoms with van der Waals surface area (Å²) in [5.74, 6) is 0. The van der Waals surface area contributed by atoms with E-state index in [4.69, 9.17) is 4.42 Å². The number of fused-ring (bicyclic) bond motifs is 12. The molecule has 0 spiro atoms. The van der Waals surface area contributed by atoms with Gasteiger partial charge in [0.25, 0.3) is 0 Å². The zero-order valence-corrected chi connectivity index (χ0v) is 40.6. The summed E-state index contributed by atoms with van der Waals surface area (Å²) in [6, 6.07) is 94.4. The molecule has 0 saturated heterocycles. The van der Waals surface area contributed by atoms with E-state index in [1.165, 1.54) is 83.1 Å². The molecule has 0 bridgehead atoms. The molecule has 13 aromatic rings. The van der Waals surface area contributed by atoms with E-state index in [0.717, 1.165) is 50.2 Å². The highest BCUT2D eigenvalue weighted by atomic mass is 16.3. The van der Waals surface area contributed by atoms with Crippen molar-refractivity contribution >= 4 is 60.8 Å². The molecule has 3 heteroatoms. The molecule has 2 aliphatic carbocycles. The lowest BCUT2D eigenvalue weighted by Gasteiger charge is -2.35. The van der Waals surface area contributed by atoms with Crippen LogP contribution in [0.4, 0.5) is 17.1 Å². The first-order valence-corrected chi connectivity index (χ1v) is 25.4. The van der Waals surface area contributed by atoms with E-state index < -0.39 is 5.41 Å². The molecule has 73 heavy (non-hydrogen) atoms. The largest absolute Gasteiger partial charge is 0.456 e. The Bertz CT molecular complexity index is 4370. The Hall–Kier alpha value is -9.18. The van der Waals surface area contributed by atoms with Gasteiger partial charge in [-0.2, -0.15) is 0 Å². The van der Waals surface area contributed by atoms with Crippen LogP contribution in [0, 0.1) is 0 Å². The monoisotopic (exact) mass is 932 g/mol. The van der Waals surface area contributed by atoms with Gasteiger partial charge in [-0.3, -0.25) is 0 Å². The standard InChI is InChI=1S/C70H48N2O/c1-69(2)59-30-14-10-28-57(59)68-56(29-19-32-61(68)69)53-26-12-16-33-63(53)71(49-38-40-54-52-25-11-17-34-64(52)72(65(54)44-49)47-22-7-4-8-23-47)48-37-39-51-50-24-9-15-31-60(50)70(62(51)43-48,45-20-5-3-6-21-45)46-36-41-67-58(42-46)55-27-13-18-35-66(55)73-67/h3-44H,1-2H3. The van der Waals surface area contributed by atoms with Gasteiger partial charge in [-0.05, 0) is 128 Å². The average Bonchev–Trinajstić information content (AvgIpc) is 4.15. The van der Waals surface area contributed by atoms with Crippen LogP contribution in [-0.4, -0.2) is 4.57 Å². The number of para-hydroxylation sites is 4. The molecule has 1 atom stereocenters. The van der Waals surface area contributed by atoms with E-state index >= 15 is 0 Å². The number of aromatic nitrogens is 1. The number of hydrogen-bond acceptors (Lipinski definition) is 2. The highest BCUT2D eigenvalue weighted by Gasteiger charge is 2.47. The first-order chi connectivity index (χ1) is 36.0. The molecule has 0 radical (unpaired) electrons. The van der Waals surface area contributed by atoms with Crippen LogP contribution < -0.4 is 4.90 Å². The van der Waals surface area contributed by atoms with Gasteiger partial charge < -0.3 is 13.9 Å². The molecule has 15 rings (SSSR count). The molecule has 0 fully saturated rings. The van der Waals surface area contributed by atoms with Gasteiger partial charge in [0, 0.05) is 49.6 Å². The Labute approximate surface area is 424 Å². The quantitative estimate of drug-likeness (QED) is 0.159. The third-order valence-electron chi connectivity index (χ3n) is 16.3. The first-order valence-electron chi connectivity index (χ1n) is 25.4. The van der Waals surface area contributed by atoms with Crippen LogP contribution >= 0.6 is 0 Å². The molecule has 2 aliphatic rings. The minimum absolute atomic E-state index is 0.145. The molecule has 0 amide bonds. The van der Waals surface area contributed by atoms with Crippen molar-refractivity contribution in [2.24, 2.45) is 0 Å². The highest BCUT2D eigenvalue weighted by molar-refractivity contribution is 6.11. The summed E-state index contributed by atoms with van der Waals surface area (Å²) < 4.78 is 8.91. The lowest BCUT2D eigenvalue weighted by Crippen LogP contribution is -2.28. The van der Waals surface area contributed by atoms with E-state index in [-0.39, 0.29) is 5.41 Å². The van der Waals surface area contributed by atoms with Gasteiger partial charge in [-0.15, -0.1) is 0 Å². The second kappa shape index (κ2) is 15.7. The molecular weight excluding hydrogens is 885 g/mol. The van der Waals surface area contributed by atoms with Gasteiger partial charge in [-0.1, -0.05) is 202 Å². The minimum atomic E-state index is -0.666. The summed E-state index contributed by atoms with van der Waals surface area (Å²) in [6.07, 6.45) is 0. The first kappa shape index (κ1) is 41.6. The molecule has 0 saturated carbocycles. The second-order valence-electron chi connectivity index (χ2n) is 20.3. The smallest absolute Gasteiger partial charge is 0.135 e. The van der Waals surface area contributed by atoms with Gasteiger partial charge in [0.05, 0.1) is 22.1 Å². The number of rotatable bonds is 7. The highest BCUT2D eigenvalue weighted by Crippen LogP contribution is 2.59. The predicted octanol–water partition coefficient (Wildman–Crippen LogP) is 18.5. The summed E-state index contributed by atoms with van der Waals surface area (Å²) in [5, 5.41) is 4.67. The van der Waals surface area contributed by atoms with Crippen molar-refractivity contribution in [1.29, 1.82) is 0 Å². The average molecular weight is 933 g/mol. The summed E-state index contributed by atoms with van der Waals surface area (Å²) in [6.45, 7) is 4.74. The van der Waals surface area contributed by atoms with Crippen molar-refractivity contribution in [3.05, 3.63) is 288 Å². The molecular formula is C70H48N2O. The molecule has 2 aromatic heterocycles. The van der Waals surface area contributed by atoms with E-state index in [0.29, 0.717) is 0 Å². The van der Waals surface area contributed by atoms with Crippen molar-refractivity contribution in [2.45, 2.75) is 24.7 Å². The fourth-order valence-electron chi connectivity index (χ4n) is 13.1. The molecule has 3 nitrogen and oxygen atoms in total. The summed E-state index contributed by atoms with van der Waals surface area (Å²) in [7, 11) is 0. The molecule has 1 unspecified atom stereocenters. The van der Waals surface area contributed by atoms with Gasteiger partial charge in [0.1, 0.15) is 11.2 Å². The molecule has 0 N–H and O–H groups in total. The van der Waals surface area contributed by atoms with Crippen molar-refractivity contribution in [1.82, 2.24) is 4.57 Å². The summed E-state index contributed by atoms with van der Waals surface area (Å²) in [5.41, 5.74) is 22.8. The van der Waals surface area contributed by atoms with E-state index in [2.05, 4.69) is 278 Å². The number of furan rings is 1.